The molecule has 0 atom stereocenters. The van der Waals surface area contributed by atoms with Crippen molar-refractivity contribution < 1.29 is 9.13 Å². The summed E-state index contributed by atoms with van der Waals surface area (Å²) in [5, 5.41) is 7.74. The molecule has 0 aliphatic carbocycles. The second-order valence-electron chi connectivity index (χ2n) is 7.87. The standard InChI is InChI=1S/C24H20N4/c1-13-25-23-19-7-5-16-15(17(19)9-11-21(23)27(13)3)6-8-20-18(16)10-12-22-24(20)26-14(2)28(22)4/h5-12H,1-4H3/p+2. The molecule has 4 aromatic carbocycles. The number of aryl methyl sites for hydroxylation is 4. The van der Waals surface area contributed by atoms with Gasteiger partial charge < -0.3 is 0 Å². The van der Waals surface area contributed by atoms with Gasteiger partial charge in [0.25, 0.3) is 11.6 Å². The predicted molar refractivity (Wildman–Crippen MR) is 114 cm³/mol. The van der Waals surface area contributed by atoms with Crippen LogP contribution in [0.1, 0.15) is 11.6 Å². The highest BCUT2D eigenvalue weighted by atomic mass is 15.1. The molecule has 0 saturated carbocycles. The van der Waals surface area contributed by atoms with Crippen LogP contribution in [0.25, 0.3) is 54.4 Å². The quantitative estimate of drug-likeness (QED) is 0.296. The smallest absolute Gasteiger partial charge is 0.241 e. The van der Waals surface area contributed by atoms with Crippen LogP contribution in [0.3, 0.4) is 0 Å². The fourth-order valence-corrected chi connectivity index (χ4v) is 4.73. The Morgan fingerprint density at radius 2 is 0.821 bits per heavy atom. The summed E-state index contributed by atoms with van der Waals surface area (Å²) in [7, 11) is 4.22. The number of fused-ring (bicyclic) bond motifs is 9. The second kappa shape index (κ2) is 5.10. The van der Waals surface area contributed by atoms with E-state index in [0.717, 1.165) is 0 Å². The average Bonchev–Trinajstić information content (AvgIpc) is 3.17. The van der Waals surface area contributed by atoms with E-state index < -0.39 is 0 Å². The van der Waals surface area contributed by atoms with Gasteiger partial charge in [0, 0.05) is 24.6 Å². The first-order chi connectivity index (χ1) is 13.5. The summed E-state index contributed by atoms with van der Waals surface area (Å²) in [5.41, 5.74) is 4.89. The van der Waals surface area contributed by atoms with E-state index in [1.807, 2.05) is 0 Å². The third-order valence-electron chi connectivity index (χ3n) is 6.49. The second-order valence-corrected chi connectivity index (χ2v) is 7.87. The van der Waals surface area contributed by atoms with Gasteiger partial charge >= 0.3 is 0 Å². The lowest BCUT2D eigenvalue weighted by atomic mass is 9.96. The number of benzene rings is 4. The molecule has 0 amide bonds. The van der Waals surface area contributed by atoms with Gasteiger partial charge in [-0.15, -0.1) is 0 Å². The first kappa shape index (κ1) is 15.6. The van der Waals surface area contributed by atoms with E-state index in [-0.39, 0.29) is 0 Å². The first-order valence-corrected chi connectivity index (χ1v) is 9.68. The lowest BCUT2D eigenvalue weighted by Gasteiger charge is -2.07. The van der Waals surface area contributed by atoms with Gasteiger partial charge in [0.05, 0.1) is 14.1 Å². The van der Waals surface area contributed by atoms with Crippen LogP contribution in [0.4, 0.5) is 0 Å². The Bertz CT molecular complexity index is 1480. The van der Waals surface area contributed by atoms with Crippen LogP contribution in [0.2, 0.25) is 0 Å². The van der Waals surface area contributed by atoms with Crippen LogP contribution < -0.4 is 9.13 Å². The maximum atomic E-state index is 3.56. The van der Waals surface area contributed by atoms with Crippen LogP contribution in [-0.2, 0) is 14.1 Å². The van der Waals surface area contributed by atoms with Crippen LogP contribution in [0.5, 0.6) is 0 Å². The number of aromatic nitrogens is 4. The lowest BCUT2D eigenvalue weighted by molar-refractivity contribution is -0.651. The summed E-state index contributed by atoms with van der Waals surface area (Å²) in [4.78, 5) is 7.12. The van der Waals surface area contributed by atoms with E-state index in [1.165, 1.54) is 66.0 Å². The molecular weight excluding hydrogens is 344 g/mol. The molecule has 0 spiro atoms. The van der Waals surface area contributed by atoms with Crippen LogP contribution in [-0.4, -0.2) is 9.97 Å². The number of hydrogen-bond donors (Lipinski definition) is 2. The molecule has 0 bridgehead atoms. The summed E-state index contributed by atoms with van der Waals surface area (Å²) < 4.78 is 4.42. The Hall–Kier alpha value is -3.40. The van der Waals surface area contributed by atoms with E-state index in [1.54, 1.807) is 0 Å². The lowest BCUT2D eigenvalue weighted by Crippen LogP contribution is -2.29. The Labute approximate surface area is 162 Å². The molecule has 0 fully saturated rings. The summed E-state index contributed by atoms with van der Waals surface area (Å²) in [5.74, 6) is 2.33. The van der Waals surface area contributed by atoms with Crippen LogP contribution in [0, 0.1) is 13.8 Å². The summed E-state index contributed by atoms with van der Waals surface area (Å²) in [6, 6.07) is 18.0. The molecule has 28 heavy (non-hydrogen) atoms. The van der Waals surface area contributed by atoms with E-state index in [2.05, 4.69) is 95.6 Å². The summed E-state index contributed by atoms with van der Waals surface area (Å²) in [6.07, 6.45) is 0. The van der Waals surface area contributed by atoms with Crippen molar-refractivity contribution in [3.63, 3.8) is 0 Å². The number of nitrogens with zero attached hydrogens (tertiary/aromatic N) is 2. The monoisotopic (exact) mass is 366 g/mol. The molecule has 136 valence electrons. The number of aromatic amines is 2. The molecule has 4 nitrogen and oxygen atoms in total. The number of nitrogens with one attached hydrogen (secondary N) is 2. The van der Waals surface area contributed by atoms with Gasteiger partial charge in [-0.3, -0.25) is 0 Å². The fourth-order valence-electron chi connectivity index (χ4n) is 4.73. The molecule has 2 heterocycles. The third-order valence-corrected chi connectivity index (χ3v) is 6.49. The van der Waals surface area contributed by atoms with Crippen LogP contribution >= 0.6 is 0 Å². The average molecular weight is 366 g/mol. The van der Waals surface area contributed by atoms with Crippen molar-refractivity contribution in [1.82, 2.24) is 9.97 Å². The predicted octanol–water partition coefficient (Wildman–Crippen LogP) is 4.37. The largest absolute Gasteiger partial charge is 0.251 e. The van der Waals surface area contributed by atoms with Gasteiger partial charge in [0.2, 0.25) is 0 Å². The van der Waals surface area contributed by atoms with Crippen molar-refractivity contribution in [1.29, 1.82) is 0 Å². The van der Waals surface area contributed by atoms with Crippen LogP contribution in [0.15, 0.2) is 48.5 Å². The van der Waals surface area contributed by atoms with E-state index in [4.69, 9.17) is 0 Å². The molecule has 4 heteroatoms. The zero-order valence-corrected chi connectivity index (χ0v) is 16.5. The molecular formula is C24H22N4+2. The van der Waals surface area contributed by atoms with Gasteiger partial charge in [0.15, 0.2) is 22.1 Å². The minimum Gasteiger partial charge on any atom is -0.241 e. The Morgan fingerprint density at radius 1 is 0.500 bits per heavy atom. The topological polar surface area (TPSA) is 39.3 Å². The van der Waals surface area contributed by atoms with E-state index in [9.17, 15) is 0 Å². The van der Waals surface area contributed by atoms with Crippen molar-refractivity contribution in [2.45, 2.75) is 13.8 Å². The Balaban J connectivity index is 1.78. The van der Waals surface area contributed by atoms with Gasteiger partial charge in [-0.25, -0.2) is 19.1 Å². The molecule has 2 aromatic heterocycles. The molecule has 0 unspecified atom stereocenters. The van der Waals surface area contributed by atoms with Gasteiger partial charge in [-0.1, -0.05) is 12.1 Å². The Morgan fingerprint density at radius 3 is 1.25 bits per heavy atom. The highest BCUT2D eigenvalue weighted by molar-refractivity contribution is 6.23. The fraction of sp³-hybridized carbons (Fsp3) is 0.167. The number of H-pyrrole nitrogens is 2. The van der Waals surface area contributed by atoms with Crippen molar-refractivity contribution in [2.24, 2.45) is 14.1 Å². The number of imidazole rings is 2. The number of hydrogen-bond acceptors (Lipinski definition) is 0. The van der Waals surface area contributed by atoms with E-state index >= 15 is 0 Å². The SMILES string of the molecule is Cc1[nH]c2c3ccc4c(ccc5c4ccc4c5[nH]c(C)[n+]4C)c3ccc2[n+]1C. The molecule has 6 rings (SSSR count). The molecule has 0 radical (unpaired) electrons. The molecule has 2 N–H and O–H groups in total. The normalized spacial score (nSPS) is 12.3. The Kier molecular flexibility index (Phi) is 2.85. The van der Waals surface area contributed by atoms with Gasteiger partial charge in [0.1, 0.15) is 0 Å². The maximum Gasteiger partial charge on any atom is 0.251 e. The molecule has 0 saturated heterocycles. The first-order valence-electron chi connectivity index (χ1n) is 9.68. The zero-order chi connectivity index (χ0) is 19.2. The van der Waals surface area contributed by atoms with Crippen molar-refractivity contribution in [3.05, 3.63) is 60.2 Å². The van der Waals surface area contributed by atoms with E-state index in [0.29, 0.717) is 0 Å². The third kappa shape index (κ3) is 1.80. The van der Waals surface area contributed by atoms with Crippen molar-refractivity contribution in [2.75, 3.05) is 0 Å². The molecule has 0 aliphatic rings. The highest BCUT2D eigenvalue weighted by Gasteiger charge is 2.18. The maximum absolute atomic E-state index is 3.56. The summed E-state index contributed by atoms with van der Waals surface area (Å²) >= 11 is 0. The zero-order valence-electron chi connectivity index (χ0n) is 16.5. The molecule has 6 aromatic rings. The van der Waals surface area contributed by atoms with Crippen molar-refractivity contribution in [3.8, 4) is 0 Å². The van der Waals surface area contributed by atoms with Gasteiger partial charge in [-0.2, -0.15) is 0 Å². The number of rotatable bonds is 0. The molecule has 0 aliphatic heterocycles. The van der Waals surface area contributed by atoms with Gasteiger partial charge in [-0.05, 0) is 57.9 Å². The minimum absolute atomic E-state index is 1.17. The highest BCUT2D eigenvalue weighted by Crippen LogP contribution is 2.35. The minimum atomic E-state index is 1.17. The van der Waals surface area contributed by atoms with Crippen molar-refractivity contribution >= 4 is 54.4 Å². The summed E-state index contributed by atoms with van der Waals surface area (Å²) in [6.45, 7) is 4.23.